The van der Waals surface area contributed by atoms with Gasteiger partial charge in [0.05, 0.1) is 16.7 Å². The van der Waals surface area contributed by atoms with Gasteiger partial charge in [-0.2, -0.15) is 0 Å². The van der Waals surface area contributed by atoms with E-state index < -0.39 is 11.2 Å². The summed E-state index contributed by atoms with van der Waals surface area (Å²) < 4.78 is 0. The van der Waals surface area contributed by atoms with E-state index in [2.05, 4.69) is 0 Å². The van der Waals surface area contributed by atoms with E-state index in [1.54, 1.807) is 6.07 Å². The van der Waals surface area contributed by atoms with E-state index in [1.165, 1.54) is 4.90 Å². The number of carbonyl (C=O) groups excluding carboxylic acids is 2. The van der Waals surface area contributed by atoms with Gasteiger partial charge in [0.1, 0.15) is 0 Å². The molecule has 2 amide bonds. The monoisotopic (exact) mass is 293 g/mol. The van der Waals surface area contributed by atoms with Gasteiger partial charge >= 0.3 is 5.97 Å². The number of nitrogens with zero attached hydrogens (tertiary/aromatic N) is 1. The van der Waals surface area contributed by atoms with Crippen molar-refractivity contribution in [2.45, 2.75) is 25.5 Å². The predicted molar refractivity (Wildman–Crippen MR) is 76.9 cm³/mol. The maximum atomic E-state index is 12.3. The molecule has 106 valence electrons. The quantitative estimate of drug-likeness (QED) is 0.856. The van der Waals surface area contributed by atoms with Crippen LogP contribution in [0, 0.1) is 13.8 Å². The molecule has 1 saturated heterocycles. The normalized spacial score (nSPS) is 18.7. The molecule has 0 aromatic heterocycles. The zero-order chi connectivity index (χ0) is 14.9. The molecule has 6 heteroatoms. The highest BCUT2D eigenvalue weighted by atomic mass is 32.2. The van der Waals surface area contributed by atoms with Crippen molar-refractivity contribution in [2.24, 2.45) is 0 Å². The molecule has 5 nitrogen and oxygen atoms in total. The number of thioether (sulfide) groups is 1. The van der Waals surface area contributed by atoms with E-state index in [0.717, 1.165) is 22.9 Å². The molecule has 0 unspecified atom stereocenters. The van der Waals surface area contributed by atoms with Gasteiger partial charge in [0, 0.05) is 6.42 Å². The molecule has 1 aliphatic heterocycles. The van der Waals surface area contributed by atoms with Crippen LogP contribution in [0.15, 0.2) is 18.2 Å². The number of hydrogen-bond acceptors (Lipinski definition) is 4. The molecule has 0 aliphatic carbocycles. The largest absolute Gasteiger partial charge is 0.481 e. The maximum Gasteiger partial charge on any atom is 0.313 e. The second-order valence-corrected chi connectivity index (χ2v) is 5.95. The van der Waals surface area contributed by atoms with Crippen LogP contribution in [-0.2, 0) is 14.4 Å². The van der Waals surface area contributed by atoms with Gasteiger partial charge in [-0.15, -0.1) is 11.8 Å². The average Bonchev–Trinajstić information content (AvgIpc) is 2.65. The van der Waals surface area contributed by atoms with Gasteiger partial charge in [-0.25, -0.2) is 4.90 Å². The molecule has 1 heterocycles. The van der Waals surface area contributed by atoms with Crippen LogP contribution in [0.4, 0.5) is 5.69 Å². The van der Waals surface area contributed by atoms with Crippen molar-refractivity contribution in [3.05, 3.63) is 29.3 Å². The molecule has 1 aromatic carbocycles. The molecule has 1 fully saturated rings. The summed E-state index contributed by atoms with van der Waals surface area (Å²) >= 11 is 1.00. The minimum absolute atomic E-state index is 0.0597. The number of carboxylic acids is 1. The number of aryl methyl sites for hydroxylation is 2. The highest BCUT2D eigenvalue weighted by molar-refractivity contribution is 8.01. The van der Waals surface area contributed by atoms with Gasteiger partial charge in [0.15, 0.2) is 0 Å². The Morgan fingerprint density at radius 1 is 1.40 bits per heavy atom. The van der Waals surface area contributed by atoms with Gasteiger partial charge in [-0.3, -0.25) is 14.4 Å². The summed E-state index contributed by atoms with van der Waals surface area (Å²) in [5, 5.41) is 8.06. The van der Waals surface area contributed by atoms with Crippen LogP contribution in [0.3, 0.4) is 0 Å². The molecular weight excluding hydrogens is 278 g/mol. The lowest BCUT2D eigenvalue weighted by molar-refractivity contribution is -0.134. The van der Waals surface area contributed by atoms with Crippen LogP contribution in [0.1, 0.15) is 17.5 Å². The first kappa shape index (κ1) is 14.6. The van der Waals surface area contributed by atoms with Crippen LogP contribution in [0.2, 0.25) is 0 Å². The number of benzene rings is 1. The van der Waals surface area contributed by atoms with E-state index in [0.29, 0.717) is 5.69 Å². The molecule has 0 spiro atoms. The lowest BCUT2D eigenvalue weighted by Crippen LogP contribution is -2.32. The second-order valence-electron chi connectivity index (χ2n) is 4.75. The summed E-state index contributed by atoms with van der Waals surface area (Å²) in [7, 11) is 0. The summed E-state index contributed by atoms with van der Waals surface area (Å²) in [5.41, 5.74) is 2.41. The molecule has 2 rings (SSSR count). The summed E-state index contributed by atoms with van der Waals surface area (Å²) in [4.78, 5) is 36.1. The predicted octanol–water partition coefficient (Wildman–Crippen LogP) is 1.75. The number of hydrogen-bond donors (Lipinski definition) is 1. The van der Waals surface area contributed by atoms with E-state index in [-0.39, 0.29) is 24.0 Å². The molecule has 1 aromatic rings. The van der Waals surface area contributed by atoms with Crippen molar-refractivity contribution in [1.82, 2.24) is 0 Å². The SMILES string of the molecule is Cc1ccc(C)c(N2C(=O)C[C@@H](SCC(=O)O)C2=O)c1. The fourth-order valence-corrected chi connectivity index (χ4v) is 2.97. The number of amides is 2. The Morgan fingerprint density at radius 3 is 2.75 bits per heavy atom. The zero-order valence-corrected chi connectivity index (χ0v) is 12.1. The van der Waals surface area contributed by atoms with Crippen molar-refractivity contribution in [1.29, 1.82) is 0 Å². The third kappa shape index (κ3) is 2.85. The molecule has 20 heavy (non-hydrogen) atoms. The summed E-state index contributed by atoms with van der Waals surface area (Å²) in [6.45, 7) is 3.73. The molecule has 1 N–H and O–H groups in total. The number of carbonyl (C=O) groups is 3. The van der Waals surface area contributed by atoms with Gasteiger partial charge in [0.2, 0.25) is 11.8 Å². The van der Waals surface area contributed by atoms with E-state index >= 15 is 0 Å². The van der Waals surface area contributed by atoms with Crippen molar-refractivity contribution < 1.29 is 19.5 Å². The Hall–Kier alpha value is -1.82. The van der Waals surface area contributed by atoms with Gasteiger partial charge in [-0.1, -0.05) is 12.1 Å². The van der Waals surface area contributed by atoms with Crippen LogP contribution in [0.25, 0.3) is 0 Å². The number of aliphatic carboxylic acids is 1. The van der Waals surface area contributed by atoms with Crippen molar-refractivity contribution >= 4 is 35.2 Å². The average molecular weight is 293 g/mol. The van der Waals surface area contributed by atoms with E-state index in [4.69, 9.17) is 5.11 Å². The minimum atomic E-state index is -0.986. The molecular formula is C14H15NO4S. The minimum Gasteiger partial charge on any atom is -0.481 e. The Balaban J connectivity index is 2.24. The van der Waals surface area contributed by atoms with Gasteiger partial charge in [0.25, 0.3) is 0 Å². The molecule has 0 saturated carbocycles. The van der Waals surface area contributed by atoms with Crippen molar-refractivity contribution in [3.8, 4) is 0 Å². The maximum absolute atomic E-state index is 12.3. The molecule has 1 aliphatic rings. The number of anilines is 1. The van der Waals surface area contributed by atoms with Crippen LogP contribution in [-0.4, -0.2) is 33.9 Å². The summed E-state index contributed by atoms with van der Waals surface area (Å²) in [6.07, 6.45) is 0.0597. The fraction of sp³-hybridized carbons (Fsp3) is 0.357. The lowest BCUT2D eigenvalue weighted by atomic mass is 10.1. The number of rotatable bonds is 4. The Bertz CT molecular complexity index is 585. The summed E-state index contributed by atoms with van der Waals surface area (Å²) in [6, 6.07) is 5.58. The smallest absolute Gasteiger partial charge is 0.313 e. The van der Waals surface area contributed by atoms with Crippen LogP contribution < -0.4 is 4.90 Å². The Morgan fingerprint density at radius 2 is 2.10 bits per heavy atom. The molecule has 0 radical (unpaired) electrons. The highest BCUT2D eigenvalue weighted by Gasteiger charge is 2.40. The van der Waals surface area contributed by atoms with Crippen molar-refractivity contribution in [3.63, 3.8) is 0 Å². The standard InChI is InChI=1S/C14H15NO4S/c1-8-3-4-9(2)10(5-8)15-12(16)6-11(14(15)19)20-7-13(17)18/h3-5,11H,6-7H2,1-2H3,(H,17,18)/t11-/m1/s1. The van der Waals surface area contributed by atoms with Crippen LogP contribution >= 0.6 is 11.8 Å². The number of carboxylic acid groups (broad SMARTS) is 1. The van der Waals surface area contributed by atoms with Gasteiger partial charge in [-0.05, 0) is 31.0 Å². The Labute approximate surface area is 121 Å². The molecule has 1 atom stereocenters. The first-order valence-corrected chi connectivity index (χ1v) is 7.22. The van der Waals surface area contributed by atoms with Crippen LogP contribution in [0.5, 0.6) is 0 Å². The third-order valence-corrected chi connectivity index (χ3v) is 4.30. The first-order chi connectivity index (χ1) is 9.40. The second kappa shape index (κ2) is 5.66. The van der Waals surface area contributed by atoms with Gasteiger partial charge < -0.3 is 5.11 Å². The molecule has 0 bridgehead atoms. The fourth-order valence-electron chi connectivity index (χ4n) is 2.12. The van der Waals surface area contributed by atoms with E-state index in [9.17, 15) is 14.4 Å². The highest BCUT2D eigenvalue weighted by Crippen LogP contribution is 2.31. The van der Waals surface area contributed by atoms with E-state index in [1.807, 2.05) is 26.0 Å². The van der Waals surface area contributed by atoms with Crippen molar-refractivity contribution in [2.75, 3.05) is 10.7 Å². The topological polar surface area (TPSA) is 74.7 Å². The Kier molecular flexibility index (Phi) is 4.13. The zero-order valence-electron chi connectivity index (χ0n) is 11.3. The third-order valence-electron chi connectivity index (χ3n) is 3.12. The summed E-state index contributed by atoms with van der Waals surface area (Å²) in [5.74, 6) is -1.76. The lowest BCUT2D eigenvalue weighted by Gasteiger charge is -2.17. The first-order valence-electron chi connectivity index (χ1n) is 6.17. The number of imide groups is 1.